The maximum Gasteiger partial charge on any atom is 0.338 e. The Hall–Kier alpha value is -4.09. The predicted molar refractivity (Wildman–Crippen MR) is 157 cm³/mol. The van der Waals surface area contributed by atoms with E-state index in [9.17, 15) is 9.59 Å². The number of allylic oxidation sites excluding steroid dienone is 1. The smallest absolute Gasteiger partial charge is 0.338 e. The monoisotopic (exact) mass is 586 g/mol. The number of amides is 1. The zero-order valence-electron chi connectivity index (χ0n) is 22.4. The van der Waals surface area contributed by atoms with Crippen LogP contribution in [0.2, 0.25) is 5.02 Å². The second-order valence-electron chi connectivity index (χ2n) is 8.27. The second kappa shape index (κ2) is 14.9. The summed E-state index contributed by atoms with van der Waals surface area (Å²) in [5.41, 5.74) is 4.57. The molecule has 12 heteroatoms. The summed E-state index contributed by atoms with van der Waals surface area (Å²) in [6.45, 7) is 9.51. The van der Waals surface area contributed by atoms with Crippen molar-refractivity contribution in [3.8, 4) is 17.2 Å². The van der Waals surface area contributed by atoms with Crippen molar-refractivity contribution in [2.45, 2.75) is 26.8 Å². The molecule has 0 unspecified atom stereocenters. The lowest BCUT2D eigenvalue weighted by molar-refractivity contribution is -0.139. The number of rotatable bonds is 13. The van der Waals surface area contributed by atoms with Gasteiger partial charge in [-0.05, 0) is 56.8 Å². The molecule has 1 atom stereocenters. The minimum Gasteiger partial charge on any atom is -0.490 e. The van der Waals surface area contributed by atoms with Gasteiger partial charge in [0, 0.05) is 11.3 Å². The maximum absolute atomic E-state index is 12.7. The molecule has 0 fully saturated rings. The van der Waals surface area contributed by atoms with Crippen molar-refractivity contribution in [1.82, 2.24) is 16.1 Å². The van der Waals surface area contributed by atoms with Gasteiger partial charge in [-0.1, -0.05) is 42.5 Å². The molecule has 40 heavy (non-hydrogen) atoms. The van der Waals surface area contributed by atoms with Crippen LogP contribution in [0.25, 0.3) is 0 Å². The van der Waals surface area contributed by atoms with Crippen LogP contribution in [0, 0.1) is 0 Å². The molecule has 0 saturated heterocycles. The number of carbonyl (C=O) groups excluding carboxylic acids is 2. The average molecular weight is 587 g/mol. The van der Waals surface area contributed by atoms with Gasteiger partial charge >= 0.3 is 5.97 Å². The Morgan fingerprint density at radius 1 is 1.15 bits per heavy atom. The molecule has 0 bridgehead atoms. The zero-order chi connectivity index (χ0) is 29.1. The molecular formula is C28H31ClN4O6S. The van der Waals surface area contributed by atoms with Gasteiger partial charge in [0.15, 0.2) is 23.2 Å². The van der Waals surface area contributed by atoms with E-state index >= 15 is 0 Å². The third-order valence-corrected chi connectivity index (χ3v) is 5.93. The molecule has 1 amide bonds. The lowest BCUT2D eigenvalue weighted by Gasteiger charge is -2.30. The number of benzene rings is 2. The van der Waals surface area contributed by atoms with Crippen LogP contribution in [0.1, 0.15) is 37.9 Å². The molecule has 1 aliphatic rings. The van der Waals surface area contributed by atoms with Crippen molar-refractivity contribution in [3.63, 3.8) is 0 Å². The number of carbonyl (C=O) groups is 2. The number of nitrogens with zero attached hydrogens (tertiary/aromatic N) is 1. The fraction of sp³-hybridized carbons (Fsp3) is 0.286. The van der Waals surface area contributed by atoms with Gasteiger partial charge in [0.25, 0.3) is 5.91 Å². The number of esters is 1. The molecule has 212 valence electrons. The van der Waals surface area contributed by atoms with E-state index in [1.807, 2.05) is 6.92 Å². The van der Waals surface area contributed by atoms with Crippen LogP contribution in [0.5, 0.6) is 17.2 Å². The first-order chi connectivity index (χ1) is 19.3. The highest BCUT2D eigenvalue weighted by Gasteiger charge is 2.32. The van der Waals surface area contributed by atoms with Crippen LogP contribution in [0.4, 0.5) is 0 Å². The Morgan fingerprint density at radius 2 is 1.93 bits per heavy atom. The third kappa shape index (κ3) is 7.96. The Kier molecular flexibility index (Phi) is 11.3. The molecule has 0 radical (unpaired) electrons. The zero-order valence-corrected chi connectivity index (χ0v) is 24.0. The Labute approximate surface area is 243 Å². The molecule has 1 aliphatic heterocycles. The summed E-state index contributed by atoms with van der Waals surface area (Å²) in [6.07, 6.45) is 3.03. The van der Waals surface area contributed by atoms with Crippen molar-refractivity contribution >= 4 is 47.0 Å². The fourth-order valence-corrected chi connectivity index (χ4v) is 4.36. The highest BCUT2D eigenvalue weighted by Crippen LogP contribution is 2.36. The molecule has 3 N–H and O–H groups in total. The van der Waals surface area contributed by atoms with E-state index < -0.39 is 17.9 Å². The second-order valence-corrected chi connectivity index (χ2v) is 9.09. The van der Waals surface area contributed by atoms with Crippen molar-refractivity contribution in [2.75, 3.05) is 26.4 Å². The summed E-state index contributed by atoms with van der Waals surface area (Å²) in [5.74, 6) is 0.252. The third-order valence-electron chi connectivity index (χ3n) is 5.43. The van der Waals surface area contributed by atoms with Crippen molar-refractivity contribution in [1.29, 1.82) is 0 Å². The Bertz CT molecular complexity index is 1330. The van der Waals surface area contributed by atoms with Gasteiger partial charge in [0.1, 0.15) is 12.4 Å². The molecule has 3 rings (SSSR count). The standard InChI is InChI=1S/C28H31ClN4O6S/c1-5-12-38-26-20(29)13-18(14-22(26)36-6-2)15-30-33-23(34)16-39-21-11-9-8-10-19(21)25-24(27(35)37-7-3)17(4)31-28(40)32-25/h5,8-11,13-15,25H,1,6-7,12,16H2,2-4H3,(H,33,34)(H2,31,32,40)/t25-/m0/s1. The summed E-state index contributed by atoms with van der Waals surface area (Å²) < 4.78 is 22.3. The van der Waals surface area contributed by atoms with E-state index in [4.69, 9.17) is 42.8 Å². The number of hydrogen-bond acceptors (Lipinski definition) is 8. The van der Waals surface area contributed by atoms with E-state index in [-0.39, 0.29) is 19.8 Å². The van der Waals surface area contributed by atoms with Gasteiger partial charge in [0.05, 0.1) is 36.1 Å². The first-order valence-electron chi connectivity index (χ1n) is 12.5. The average Bonchev–Trinajstić information content (AvgIpc) is 2.91. The normalized spacial score (nSPS) is 14.7. The molecule has 10 nitrogen and oxygen atoms in total. The fourth-order valence-electron chi connectivity index (χ4n) is 3.82. The quantitative estimate of drug-likeness (QED) is 0.104. The van der Waals surface area contributed by atoms with E-state index in [0.29, 0.717) is 56.4 Å². The van der Waals surface area contributed by atoms with Crippen molar-refractivity contribution in [2.24, 2.45) is 5.10 Å². The largest absolute Gasteiger partial charge is 0.490 e. The molecule has 0 saturated carbocycles. The summed E-state index contributed by atoms with van der Waals surface area (Å²) in [5, 5.41) is 10.7. The van der Waals surface area contributed by atoms with Crippen molar-refractivity contribution < 1.29 is 28.5 Å². The summed E-state index contributed by atoms with van der Waals surface area (Å²) in [7, 11) is 0. The number of ether oxygens (including phenoxy) is 4. The molecule has 0 aliphatic carbocycles. The molecular weight excluding hydrogens is 556 g/mol. The lowest BCUT2D eigenvalue weighted by atomic mass is 9.95. The molecule has 0 aromatic heterocycles. The summed E-state index contributed by atoms with van der Waals surface area (Å²) in [4.78, 5) is 25.2. The number of hydrogen-bond donors (Lipinski definition) is 3. The van der Waals surface area contributed by atoms with Gasteiger partial charge in [0.2, 0.25) is 0 Å². The van der Waals surface area contributed by atoms with Crippen LogP contribution < -0.4 is 30.3 Å². The maximum atomic E-state index is 12.7. The number of para-hydroxylation sites is 1. The number of thiocarbonyl (C=S) groups is 1. The minimum atomic E-state index is -0.632. The van der Waals surface area contributed by atoms with Gasteiger partial charge in [-0.2, -0.15) is 5.10 Å². The molecule has 2 aromatic carbocycles. The first-order valence-corrected chi connectivity index (χ1v) is 13.3. The Morgan fingerprint density at radius 3 is 2.65 bits per heavy atom. The van der Waals surface area contributed by atoms with E-state index in [1.54, 1.807) is 56.3 Å². The Balaban J connectivity index is 1.70. The number of halogens is 1. The van der Waals surface area contributed by atoms with E-state index in [2.05, 4.69) is 27.7 Å². The van der Waals surface area contributed by atoms with Crippen LogP contribution in [-0.2, 0) is 14.3 Å². The number of nitrogens with one attached hydrogen (secondary N) is 3. The molecule has 1 heterocycles. The predicted octanol–water partition coefficient (Wildman–Crippen LogP) is 4.19. The van der Waals surface area contributed by atoms with Gasteiger partial charge < -0.3 is 29.6 Å². The van der Waals surface area contributed by atoms with Crippen LogP contribution in [0.3, 0.4) is 0 Å². The minimum absolute atomic E-state index is 0.220. The first kappa shape index (κ1) is 30.5. The lowest BCUT2D eigenvalue weighted by Crippen LogP contribution is -2.45. The van der Waals surface area contributed by atoms with Crippen LogP contribution >= 0.6 is 23.8 Å². The SMILES string of the molecule is C=CCOc1c(Cl)cc(C=NNC(=O)COc2ccccc2[C@@H]2NC(=S)NC(C)=C2C(=O)OCC)cc1OCC. The topological polar surface area (TPSA) is 120 Å². The van der Waals surface area contributed by atoms with E-state index in [0.717, 1.165) is 0 Å². The molecule has 2 aromatic rings. The summed E-state index contributed by atoms with van der Waals surface area (Å²) >= 11 is 11.7. The van der Waals surface area contributed by atoms with Crippen LogP contribution in [0.15, 0.2) is 65.4 Å². The molecule has 0 spiro atoms. The highest BCUT2D eigenvalue weighted by molar-refractivity contribution is 7.80. The summed E-state index contributed by atoms with van der Waals surface area (Å²) in [6, 6.07) is 9.74. The van der Waals surface area contributed by atoms with Crippen LogP contribution in [-0.4, -0.2) is 49.6 Å². The van der Waals surface area contributed by atoms with Crippen molar-refractivity contribution in [3.05, 3.63) is 76.5 Å². The van der Waals surface area contributed by atoms with E-state index in [1.165, 1.54) is 6.21 Å². The highest BCUT2D eigenvalue weighted by atomic mass is 35.5. The van der Waals surface area contributed by atoms with Gasteiger partial charge in [-0.15, -0.1) is 0 Å². The van der Waals surface area contributed by atoms with Gasteiger partial charge in [-0.25, -0.2) is 10.2 Å². The van der Waals surface area contributed by atoms with Gasteiger partial charge in [-0.3, -0.25) is 4.79 Å². The number of hydrazone groups is 1.